The maximum absolute atomic E-state index is 13.5. The molecule has 2 unspecified atom stereocenters. The molecule has 200 valence electrons. The van der Waals surface area contributed by atoms with Crippen molar-refractivity contribution in [1.82, 2.24) is 29.4 Å². The summed E-state index contributed by atoms with van der Waals surface area (Å²) in [6.07, 6.45) is 4.82. The molecule has 2 atom stereocenters. The summed E-state index contributed by atoms with van der Waals surface area (Å²) in [5.74, 6) is 1.19. The fraction of sp³-hybridized carbons (Fsp3) is 0.731. The number of aromatic nitrogens is 4. The van der Waals surface area contributed by atoms with Crippen LogP contribution in [0.15, 0.2) is 12.1 Å². The second-order valence-corrected chi connectivity index (χ2v) is 11.8. The molecule has 2 N–H and O–H groups in total. The highest BCUT2D eigenvalue weighted by molar-refractivity contribution is 5.86. The molecule has 2 aliphatic carbocycles. The number of anilines is 2. The van der Waals surface area contributed by atoms with Crippen molar-refractivity contribution in [3.05, 3.63) is 23.5 Å². The Labute approximate surface area is 215 Å². The van der Waals surface area contributed by atoms with Crippen molar-refractivity contribution in [2.75, 3.05) is 45.4 Å². The van der Waals surface area contributed by atoms with E-state index in [4.69, 9.17) is 15.6 Å². The van der Waals surface area contributed by atoms with E-state index in [0.717, 1.165) is 37.1 Å². The average molecular weight is 501 g/mol. The van der Waals surface area contributed by atoms with Crippen LogP contribution in [-0.4, -0.2) is 75.8 Å². The van der Waals surface area contributed by atoms with Gasteiger partial charge in [0.05, 0.1) is 29.5 Å². The molecule has 36 heavy (non-hydrogen) atoms. The van der Waals surface area contributed by atoms with Crippen LogP contribution in [0.1, 0.15) is 95.4 Å². The van der Waals surface area contributed by atoms with Crippen molar-refractivity contribution in [2.24, 2.45) is 0 Å². The number of amides is 1. The van der Waals surface area contributed by atoms with Gasteiger partial charge in [-0.05, 0) is 88.0 Å². The minimum atomic E-state index is -0.603. The highest BCUT2D eigenvalue weighted by atomic mass is 16.6. The molecule has 0 spiro atoms. The molecule has 10 nitrogen and oxygen atoms in total. The Bertz CT molecular complexity index is 1060. The van der Waals surface area contributed by atoms with Crippen molar-refractivity contribution >= 4 is 17.7 Å². The zero-order chi connectivity index (χ0) is 26.4. The van der Waals surface area contributed by atoms with E-state index in [1.807, 2.05) is 26.8 Å². The van der Waals surface area contributed by atoms with Gasteiger partial charge in [0.1, 0.15) is 11.4 Å². The molecular formula is C26H44N8O2. The predicted molar refractivity (Wildman–Crippen MR) is 142 cm³/mol. The van der Waals surface area contributed by atoms with Gasteiger partial charge in [-0.3, -0.25) is 14.3 Å². The van der Waals surface area contributed by atoms with Gasteiger partial charge in [-0.1, -0.05) is 0 Å². The molecule has 0 radical (unpaired) electrons. The minimum absolute atomic E-state index is 0.0472. The summed E-state index contributed by atoms with van der Waals surface area (Å²) in [5, 5.41) is 9.51. The standard InChI is InChI=1S/C26H44N8O2/c1-17(30(5)6)21-16-24(29-33(21)18-9-10-18)32(25(35)36-26(2,3)4)14-13-20(31(7)8)22-15-23(27)28-34(22)19-11-12-19/h15-20H,9-14H2,1-8H3,(H2,27,28). The van der Waals surface area contributed by atoms with Crippen molar-refractivity contribution < 1.29 is 9.53 Å². The summed E-state index contributed by atoms with van der Waals surface area (Å²) < 4.78 is 10.0. The van der Waals surface area contributed by atoms with Gasteiger partial charge in [0, 0.05) is 24.7 Å². The zero-order valence-corrected chi connectivity index (χ0v) is 23.2. The molecule has 0 bridgehead atoms. The predicted octanol–water partition coefficient (Wildman–Crippen LogP) is 4.39. The van der Waals surface area contributed by atoms with Crippen molar-refractivity contribution in [1.29, 1.82) is 0 Å². The fourth-order valence-electron chi connectivity index (χ4n) is 4.54. The van der Waals surface area contributed by atoms with Gasteiger partial charge in [0.15, 0.2) is 5.82 Å². The smallest absolute Gasteiger partial charge is 0.416 e. The lowest BCUT2D eigenvalue weighted by atomic mass is 10.1. The van der Waals surface area contributed by atoms with Crippen LogP contribution in [0.5, 0.6) is 0 Å². The molecule has 2 saturated carbocycles. The van der Waals surface area contributed by atoms with Crippen LogP contribution in [0.25, 0.3) is 0 Å². The van der Waals surface area contributed by atoms with E-state index in [1.54, 1.807) is 4.90 Å². The first-order chi connectivity index (χ1) is 16.9. The fourth-order valence-corrected chi connectivity index (χ4v) is 4.54. The van der Waals surface area contributed by atoms with E-state index in [1.165, 1.54) is 0 Å². The van der Waals surface area contributed by atoms with Crippen LogP contribution < -0.4 is 10.6 Å². The Hall–Kier alpha value is -2.59. The van der Waals surface area contributed by atoms with Gasteiger partial charge in [0.25, 0.3) is 0 Å². The molecule has 0 aromatic carbocycles. The highest BCUT2D eigenvalue weighted by Crippen LogP contribution is 2.40. The molecule has 2 aromatic heterocycles. The van der Waals surface area contributed by atoms with Crippen LogP contribution in [0.3, 0.4) is 0 Å². The average Bonchev–Trinajstić information content (AvgIpc) is 3.70. The first kappa shape index (κ1) is 26.5. The third-order valence-electron chi connectivity index (χ3n) is 7.00. The number of nitrogen functional groups attached to an aromatic ring is 1. The van der Waals surface area contributed by atoms with E-state index >= 15 is 0 Å². The van der Waals surface area contributed by atoms with Crippen molar-refractivity contribution in [2.45, 2.75) is 89.6 Å². The van der Waals surface area contributed by atoms with Crippen LogP contribution in [0.4, 0.5) is 16.4 Å². The van der Waals surface area contributed by atoms with Crippen LogP contribution in [-0.2, 0) is 4.74 Å². The molecule has 0 aliphatic heterocycles. The molecule has 10 heteroatoms. The van der Waals surface area contributed by atoms with E-state index in [2.05, 4.69) is 65.4 Å². The minimum Gasteiger partial charge on any atom is -0.443 e. The Morgan fingerprint density at radius 3 is 2.11 bits per heavy atom. The summed E-state index contributed by atoms with van der Waals surface area (Å²) in [5.41, 5.74) is 7.71. The van der Waals surface area contributed by atoms with Gasteiger partial charge >= 0.3 is 6.09 Å². The molecule has 2 fully saturated rings. The van der Waals surface area contributed by atoms with Gasteiger partial charge in [-0.15, -0.1) is 0 Å². The number of carbonyl (C=O) groups is 1. The summed E-state index contributed by atoms with van der Waals surface area (Å²) in [4.78, 5) is 19.5. The molecule has 0 saturated heterocycles. The normalized spacial score (nSPS) is 18.1. The van der Waals surface area contributed by atoms with E-state index in [-0.39, 0.29) is 18.2 Å². The Morgan fingerprint density at radius 1 is 1.03 bits per heavy atom. The molecule has 4 rings (SSSR count). The van der Waals surface area contributed by atoms with Crippen molar-refractivity contribution in [3.63, 3.8) is 0 Å². The number of carbonyl (C=O) groups excluding carboxylic acids is 1. The Morgan fingerprint density at radius 2 is 1.61 bits per heavy atom. The zero-order valence-electron chi connectivity index (χ0n) is 23.2. The molecule has 2 aliphatic rings. The molecule has 2 heterocycles. The first-order valence-corrected chi connectivity index (χ1v) is 13.1. The third-order valence-corrected chi connectivity index (χ3v) is 7.00. The van der Waals surface area contributed by atoms with E-state index < -0.39 is 5.60 Å². The quantitative estimate of drug-likeness (QED) is 0.517. The lowest BCUT2D eigenvalue weighted by molar-refractivity contribution is 0.0575. The Balaban J connectivity index is 1.64. The summed E-state index contributed by atoms with van der Waals surface area (Å²) in [7, 11) is 8.25. The Kier molecular flexibility index (Phi) is 7.39. The highest BCUT2D eigenvalue weighted by Gasteiger charge is 2.34. The van der Waals surface area contributed by atoms with Gasteiger partial charge in [-0.25, -0.2) is 4.79 Å². The number of hydrogen-bond donors (Lipinski definition) is 1. The van der Waals surface area contributed by atoms with E-state index in [9.17, 15) is 4.79 Å². The second-order valence-electron chi connectivity index (χ2n) is 11.8. The second kappa shape index (κ2) is 10.0. The van der Waals surface area contributed by atoms with Gasteiger partial charge in [0.2, 0.25) is 0 Å². The maximum atomic E-state index is 13.5. The molecule has 2 aromatic rings. The summed E-state index contributed by atoms with van der Waals surface area (Å²) in [6.45, 7) is 8.31. The van der Waals surface area contributed by atoms with Crippen LogP contribution in [0, 0.1) is 0 Å². The lowest BCUT2D eigenvalue weighted by Gasteiger charge is -2.30. The molecule has 1 amide bonds. The van der Waals surface area contributed by atoms with Gasteiger partial charge in [-0.2, -0.15) is 10.2 Å². The number of nitrogens with two attached hydrogens (primary N) is 1. The maximum Gasteiger partial charge on any atom is 0.416 e. The van der Waals surface area contributed by atoms with Crippen molar-refractivity contribution in [3.8, 4) is 0 Å². The topological polar surface area (TPSA) is 97.7 Å². The first-order valence-electron chi connectivity index (χ1n) is 13.1. The third kappa shape index (κ3) is 6.03. The number of hydrogen-bond acceptors (Lipinski definition) is 7. The summed E-state index contributed by atoms with van der Waals surface area (Å²) >= 11 is 0. The number of rotatable bonds is 10. The largest absolute Gasteiger partial charge is 0.443 e. The molecular weight excluding hydrogens is 456 g/mol. The lowest BCUT2D eigenvalue weighted by Crippen LogP contribution is -2.39. The van der Waals surface area contributed by atoms with Gasteiger partial charge < -0.3 is 20.3 Å². The van der Waals surface area contributed by atoms with Crippen LogP contribution in [0.2, 0.25) is 0 Å². The SMILES string of the molecule is CC(c1cc(N(CCC(c2cc(N)nn2C2CC2)N(C)C)C(=O)OC(C)(C)C)nn1C1CC1)N(C)C. The summed E-state index contributed by atoms with van der Waals surface area (Å²) in [6, 6.07) is 5.08. The van der Waals surface area contributed by atoms with E-state index in [0.29, 0.717) is 36.7 Å². The number of ether oxygens (including phenoxy) is 1. The van der Waals surface area contributed by atoms with Crippen LogP contribution >= 0.6 is 0 Å². The monoisotopic (exact) mass is 500 g/mol. The number of nitrogens with zero attached hydrogens (tertiary/aromatic N) is 7.